The van der Waals surface area contributed by atoms with Gasteiger partial charge in [0.1, 0.15) is 5.75 Å². The number of nitrogens with one attached hydrogen (secondary N) is 1. The van der Waals surface area contributed by atoms with Crippen molar-refractivity contribution in [3.05, 3.63) is 28.8 Å². The number of halogens is 1. The van der Waals surface area contributed by atoms with E-state index in [0.717, 1.165) is 17.7 Å². The molecule has 1 N–H and O–H groups in total. The lowest BCUT2D eigenvalue weighted by molar-refractivity contribution is -0.0551. The highest BCUT2D eigenvalue weighted by atomic mass is 35.5. The average molecular weight is 286 g/mol. The fourth-order valence-corrected chi connectivity index (χ4v) is 2.62. The van der Waals surface area contributed by atoms with E-state index in [0.29, 0.717) is 11.6 Å². The Kier molecular flexibility index (Phi) is 6.11. The van der Waals surface area contributed by atoms with Crippen LogP contribution < -0.4 is 10.1 Å². The number of hydrogen-bond donors (Lipinski definition) is 1. The molecule has 0 aliphatic rings. The molecular formula is C15H24ClNO2. The molecule has 19 heavy (non-hydrogen) atoms. The lowest BCUT2D eigenvalue weighted by Gasteiger charge is -2.37. The third-order valence-corrected chi connectivity index (χ3v) is 3.81. The second kappa shape index (κ2) is 7.13. The van der Waals surface area contributed by atoms with Crippen molar-refractivity contribution in [2.24, 2.45) is 0 Å². The first-order valence-electron chi connectivity index (χ1n) is 6.67. The van der Waals surface area contributed by atoms with E-state index in [-0.39, 0.29) is 11.6 Å². The van der Waals surface area contributed by atoms with Crippen molar-refractivity contribution in [3.8, 4) is 5.75 Å². The Bertz CT molecular complexity index is 411. The maximum absolute atomic E-state index is 6.12. The number of rotatable bonds is 7. The highest BCUT2D eigenvalue weighted by Crippen LogP contribution is 2.37. The smallest absolute Gasteiger partial charge is 0.123 e. The van der Waals surface area contributed by atoms with E-state index in [1.807, 2.05) is 32.2 Å². The van der Waals surface area contributed by atoms with Gasteiger partial charge >= 0.3 is 0 Å². The molecule has 0 aromatic heterocycles. The van der Waals surface area contributed by atoms with E-state index in [9.17, 15) is 0 Å². The van der Waals surface area contributed by atoms with E-state index >= 15 is 0 Å². The molecule has 0 radical (unpaired) electrons. The normalized spacial score (nSPS) is 15.9. The third kappa shape index (κ3) is 3.62. The zero-order valence-corrected chi connectivity index (χ0v) is 13.2. The maximum atomic E-state index is 6.12. The number of ether oxygens (including phenoxy) is 2. The van der Waals surface area contributed by atoms with Crippen LogP contribution in [0.4, 0.5) is 0 Å². The Hall–Kier alpha value is -0.770. The summed E-state index contributed by atoms with van der Waals surface area (Å²) >= 11 is 6.12. The Labute approximate surface area is 121 Å². The lowest BCUT2D eigenvalue weighted by Crippen LogP contribution is -2.42. The molecule has 2 atom stereocenters. The molecule has 0 fully saturated rings. The summed E-state index contributed by atoms with van der Waals surface area (Å²) in [6.45, 7) is 6.91. The fraction of sp³-hybridized carbons (Fsp3) is 0.600. The second-order valence-corrected chi connectivity index (χ2v) is 5.14. The minimum absolute atomic E-state index is 0.0195. The van der Waals surface area contributed by atoms with Gasteiger partial charge in [0.05, 0.1) is 18.8 Å². The first-order chi connectivity index (χ1) is 9.02. The molecule has 4 heteroatoms. The van der Waals surface area contributed by atoms with Crippen LogP contribution in [0.25, 0.3) is 0 Å². The van der Waals surface area contributed by atoms with Crippen LogP contribution in [0.15, 0.2) is 18.2 Å². The van der Waals surface area contributed by atoms with Crippen LogP contribution in [0.3, 0.4) is 0 Å². The zero-order chi connectivity index (χ0) is 14.5. The van der Waals surface area contributed by atoms with Crippen LogP contribution >= 0.6 is 11.6 Å². The molecule has 0 saturated heterocycles. The van der Waals surface area contributed by atoms with Crippen LogP contribution in [-0.4, -0.2) is 26.4 Å². The SMILES string of the molecule is CCOC(C)(CC)C(NC)c1cc(Cl)ccc1OC. The minimum Gasteiger partial charge on any atom is -0.496 e. The van der Waals surface area contributed by atoms with Crippen molar-refractivity contribution < 1.29 is 9.47 Å². The fourth-order valence-electron chi connectivity index (χ4n) is 2.44. The van der Waals surface area contributed by atoms with Gasteiger partial charge < -0.3 is 14.8 Å². The standard InChI is InChI=1S/C15H24ClNO2/c1-6-15(3,19-7-2)14(17-4)12-10-11(16)8-9-13(12)18-5/h8-10,14,17H,6-7H2,1-5H3. The molecule has 1 aromatic carbocycles. The largest absolute Gasteiger partial charge is 0.496 e. The van der Waals surface area contributed by atoms with Gasteiger partial charge in [-0.3, -0.25) is 0 Å². The highest BCUT2D eigenvalue weighted by molar-refractivity contribution is 6.30. The summed E-state index contributed by atoms with van der Waals surface area (Å²) in [5.41, 5.74) is 0.719. The highest BCUT2D eigenvalue weighted by Gasteiger charge is 2.35. The van der Waals surface area contributed by atoms with Gasteiger partial charge in [0, 0.05) is 17.2 Å². The predicted molar refractivity (Wildman–Crippen MR) is 80.1 cm³/mol. The molecule has 0 heterocycles. The summed E-state index contributed by atoms with van der Waals surface area (Å²) in [6.07, 6.45) is 0.891. The van der Waals surface area contributed by atoms with Gasteiger partial charge in [-0.2, -0.15) is 0 Å². The van der Waals surface area contributed by atoms with Crippen molar-refractivity contribution in [2.75, 3.05) is 20.8 Å². The summed E-state index contributed by atoms with van der Waals surface area (Å²) in [7, 11) is 3.60. The quantitative estimate of drug-likeness (QED) is 0.826. The molecule has 108 valence electrons. The molecule has 1 rings (SSSR count). The number of methoxy groups -OCH3 is 1. The first kappa shape index (κ1) is 16.3. The summed E-state index contributed by atoms with van der Waals surface area (Å²) in [4.78, 5) is 0. The van der Waals surface area contributed by atoms with E-state index in [2.05, 4.69) is 19.2 Å². The summed E-state index contributed by atoms with van der Waals surface area (Å²) < 4.78 is 11.4. The zero-order valence-electron chi connectivity index (χ0n) is 12.4. The molecule has 0 aliphatic heterocycles. The van der Waals surface area contributed by atoms with Crippen LogP contribution in [0.1, 0.15) is 38.8 Å². The topological polar surface area (TPSA) is 30.5 Å². The Morgan fingerprint density at radius 3 is 2.53 bits per heavy atom. The third-order valence-electron chi connectivity index (χ3n) is 3.58. The molecule has 0 bridgehead atoms. The van der Waals surface area contributed by atoms with Crippen LogP contribution in [0.5, 0.6) is 5.75 Å². The number of benzene rings is 1. The van der Waals surface area contributed by atoms with E-state index < -0.39 is 0 Å². The summed E-state index contributed by atoms with van der Waals surface area (Å²) in [6, 6.07) is 5.69. The van der Waals surface area contributed by atoms with Crippen molar-refractivity contribution in [2.45, 2.75) is 38.8 Å². The number of hydrogen-bond acceptors (Lipinski definition) is 3. The van der Waals surface area contributed by atoms with E-state index in [1.165, 1.54) is 0 Å². The molecule has 0 spiro atoms. The number of likely N-dealkylation sites (N-methyl/N-ethyl adjacent to an activating group) is 1. The molecule has 3 nitrogen and oxygen atoms in total. The monoisotopic (exact) mass is 285 g/mol. The molecule has 0 saturated carbocycles. The first-order valence-corrected chi connectivity index (χ1v) is 7.04. The van der Waals surface area contributed by atoms with Crippen LogP contribution in [-0.2, 0) is 4.74 Å². The average Bonchev–Trinajstić information content (AvgIpc) is 2.40. The molecule has 1 aromatic rings. The van der Waals surface area contributed by atoms with Crippen molar-refractivity contribution in [1.82, 2.24) is 5.32 Å². The predicted octanol–water partition coefficient (Wildman–Crippen LogP) is 3.81. The van der Waals surface area contributed by atoms with Crippen molar-refractivity contribution >= 4 is 11.6 Å². The van der Waals surface area contributed by atoms with Crippen LogP contribution in [0, 0.1) is 0 Å². The van der Waals surface area contributed by atoms with Gasteiger partial charge in [0.25, 0.3) is 0 Å². The Morgan fingerprint density at radius 2 is 2.05 bits per heavy atom. The molecule has 2 unspecified atom stereocenters. The van der Waals surface area contributed by atoms with Crippen molar-refractivity contribution in [1.29, 1.82) is 0 Å². The summed E-state index contributed by atoms with van der Waals surface area (Å²) in [5, 5.41) is 4.03. The Morgan fingerprint density at radius 1 is 1.37 bits per heavy atom. The van der Waals surface area contributed by atoms with Crippen molar-refractivity contribution in [3.63, 3.8) is 0 Å². The second-order valence-electron chi connectivity index (χ2n) is 4.71. The Balaban J connectivity index is 3.25. The summed E-state index contributed by atoms with van der Waals surface area (Å²) in [5.74, 6) is 0.822. The minimum atomic E-state index is -0.304. The van der Waals surface area contributed by atoms with Gasteiger partial charge in [0.2, 0.25) is 0 Å². The lowest BCUT2D eigenvalue weighted by atomic mass is 9.87. The van der Waals surface area contributed by atoms with Crippen LogP contribution in [0.2, 0.25) is 5.02 Å². The molecule has 0 aliphatic carbocycles. The van der Waals surface area contributed by atoms with E-state index in [4.69, 9.17) is 21.1 Å². The van der Waals surface area contributed by atoms with E-state index in [1.54, 1.807) is 7.11 Å². The maximum Gasteiger partial charge on any atom is 0.123 e. The van der Waals surface area contributed by atoms with Gasteiger partial charge in [-0.1, -0.05) is 18.5 Å². The molecule has 0 amide bonds. The van der Waals surface area contributed by atoms with Gasteiger partial charge in [0.15, 0.2) is 0 Å². The van der Waals surface area contributed by atoms with Gasteiger partial charge in [-0.25, -0.2) is 0 Å². The van der Waals surface area contributed by atoms with Gasteiger partial charge in [-0.15, -0.1) is 0 Å². The van der Waals surface area contributed by atoms with Gasteiger partial charge in [-0.05, 0) is 45.5 Å². The molecular weight excluding hydrogens is 262 g/mol.